The van der Waals surface area contributed by atoms with E-state index in [0.717, 1.165) is 0 Å². The van der Waals surface area contributed by atoms with E-state index < -0.39 is 6.17 Å². The Bertz CT molecular complexity index is 169. The van der Waals surface area contributed by atoms with E-state index in [9.17, 15) is 4.39 Å². The van der Waals surface area contributed by atoms with Gasteiger partial charge in [-0.15, -0.1) is 0 Å². The molecule has 0 spiro atoms. The van der Waals surface area contributed by atoms with E-state index >= 15 is 0 Å². The van der Waals surface area contributed by atoms with Crippen molar-refractivity contribution in [3.05, 3.63) is 0 Å². The summed E-state index contributed by atoms with van der Waals surface area (Å²) in [5.41, 5.74) is 6.09. The lowest BCUT2D eigenvalue weighted by Gasteiger charge is -2.41. The SMILES string of the molecule is CC(C)C1(C(C)C)CC(F)C[C@H]1N. The van der Waals surface area contributed by atoms with Gasteiger partial charge in [0.1, 0.15) is 6.17 Å². The third kappa shape index (κ3) is 1.61. The van der Waals surface area contributed by atoms with Crippen molar-refractivity contribution in [3.63, 3.8) is 0 Å². The summed E-state index contributed by atoms with van der Waals surface area (Å²) in [4.78, 5) is 0. The molecule has 0 aliphatic heterocycles. The smallest absolute Gasteiger partial charge is 0.102 e. The van der Waals surface area contributed by atoms with E-state index in [0.29, 0.717) is 24.7 Å². The van der Waals surface area contributed by atoms with Gasteiger partial charge in [0.15, 0.2) is 0 Å². The van der Waals surface area contributed by atoms with Gasteiger partial charge in [-0.3, -0.25) is 0 Å². The maximum atomic E-state index is 13.3. The Balaban J connectivity index is 2.91. The van der Waals surface area contributed by atoms with Crippen molar-refractivity contribution < 1.29 is 4.39 Å². The van der Waals surface area contributed by atoms with Crippen LogP contribution in [0.4, 0.5) is 4.39 Å². The topological polar surface area (TPSA) is 26.0 Å². The van der Waals surface area contributed by atoms with Gasteiger partial charge in [-0.05, 0) is 30.1 Å². The van der Waals surface area contributed by atoms with Gasteiger partial charge in [-0.1, -0.05) is 27.7 Å². The fourth-order valence-electron chi connectivity index (χ4n) is 3.11. The van der Waals surface area contributed by atoms with Gasteiger partial charge in [0.25, 0.3) is 0 Å². The Hall–Kier alpha value is -0.110. The molecule has 1 nitrogen and oxygen atoms in total. The molecule has 1 fully saturated rings. The highest BCUT2D eigenvalue weighted by Gasteiger charge is 2.49. The molecule has 2 N–H and O–H groups in total. The summed E-state index contributed by atoms with van der Waals surface area (Å²) in [5, 5.41) is 0. The molecule has 0 saturated heterocycles. The van der Waals surface area contributed by atoms with E-state index in [1.165, 1.54) is 0 Å². The lowest BCUT2D eigenvalue weighted by molar-refractivity contribution is 0.0905. The predicted octanol–water partition coefficient (Wildman–Crippen LogP) is 2.74. The van der Waals surface area contributed by atoms with Gasteiger partial charge in [0.2, 0.25) is 0 Å². The van der Waals surface area contributed by atoms with Crippen molar-refractivity contribution in [2.45, 2.75) is 52.8 Å². The summed E-state index contributed by atoms with van der Waals surface area (Å²) in [5.74, 6) is 0.950. The Morgan fingerprint density at radius 1 is 1.23 bits per heavy atom. The third-order valence-electron chi connectivity index (χ3n) is 3.92. The minimum atomic E-state index is -0.681. The lowest BCUT2D eigenvalue weighted by Crippen LogP contribution is -2.45. The Labute approximate surface area is 80.9 Å². The summed E-state index contributed by atoms with van der Waals surface area (Å²) in [6, 6.07) is 0.0440. The number of nitrogens with two attached hydrogens (primary N) is 1. The third-order valence-corrected chi connectivity index (χ3v) is 3.92. The van der Waals surface area contributed by atoms with Gasteiger partial charge < -0.3 is 5.73 Å². The van der Waals surface area contributed by atoms with Crippen LogP contribution in [-0.4, -0.2) is 12.2 Å². The van der Waals surface area contributed by atoms with Gasteiger partial charge in [-0.25, -0.2) is 4.39 Å². The van der Waals surface area contributed by atoms with Crippen LogP contribution in [0.5, 0.6) is 0 Å². The van der Waals surface area contributed by atoms with Crippen molar-refractivity contribution in [2.24, 2.45) is 23.0 Å². The second-order valence-electron chi connectivity index (χ2n) is 5.07. The maximum absolute atomic E-state index is 13.3. The summed E-state index contributed by atoms with van der Waals surface area (Å²) in [6.07, 6.45) is 0.527. The zero-order chi connectivity index (χ0) is 10.2. The first-order valence-corrected chi connectivity index (χ1v) is 5.31. The maximum Gasteiger partial charge on any atom is 0.102 e. The molecule has 1 rings (SSSR count). The Morgan fingerprint density at radius 2 is 1.69 bits per heavy atom. The van der Waals surface area contributed by atoms with Crippen LogP contribution in [0.15, 0.2) is 0 Å². The van der Waals surface area contributed by atoms with Crippen LogP contribution < -0.4 is 5.73 Å². The van der Waals surface area contributed by atoms with E-state index in [1.54, 1.807) is 0 Å². The van der Waals surface area contributed by atoms with Crippen LogP contribution in [0, 0.1) is 17.3 Å². The van der Waals surface area contributed by atoms with Gasteiger partial charge in [0, 0.05) is 6.04 Å². The number of hydrogen-bond acceptors (Lipinski definition) is 1. The van der Waals surface area contributed by atoms with Crippen LogP contribution in [0.3, 0.4) is 0 Å². The molecule has 1 aliphatic carbocycles. The minimum absolute atomic E-state index is 0.0272. The van der Waals surface area contributed by atoms with E-state index in [2.05, 4.69) is 27.7 Å². The first-order chi connectivity index (χ1) is 5.91. The highest BCUT2D eigenvalue weighted by molar-refractivity contribution is 5.02. The zero-order valence-corrected chi connectivity index (χ0v) is 9.18. The second-order valence-corrected chi connectivity index (χ2v) is 5.07. The van der Waals surface area contributed by atoms with Crippen LogP contribution >= 0.6 is 0 Å². The summed E-state index contributed by atoms with van der Waals surface area (Å²) >= 11 is 0. The average Bonchev–Trinajstić information content (AvgIpc) is 2.26. The molecule has 78 valence electrons. The molecule has 1 aliphatic rings. The number of alkyl halides is 1. The van der Waals surface area contributed by atoms with Crippen molar-refractivity contribution in [2.75, 3.05) is 0 Å². The highest BCUT2D eigenvalue weighted by Crippen LogP contribution is 2.49. The number of rotatable bonds is 2. The predicted molar refractivity (Wildman–Crippen MR) is 54.2 cm³/mol. The molecule has 0 aromatic carbocycles. The number of halogens is 1. The highest BCUT2D eigenvalue weighted by atomic mass is 19.1. The van der Waals surface area contributed by atoms with E-state index in [1.807, 2.05) is 0 Å². The number of hydrogen-bond donors (Lipinski definition) is 1. The summed E-state index contributed by atoms with van der Waals surface area (Å²) < 4.78 is 13.3. The fraction of sp³-hybridized carbons (Fsp3) is 1.00. The van der Waals surface area contributed by atoms with Gasteiger partial charge >= 0.3 is 0 Å². The normalized spacial score (nSPS) is 33.2. The van der Waals surface area contributed by atoms with Crippen molar-refractivity contribution >= 4 is 0 Å². The molecular formula is C11H22FN. The molecular weight excluding hydrogens is 165 g/mol. The van der Waals surface area contributed by atoms with Crippen molar-refractivity contribution in [1.29, 1.82) is 0 Å². The van der Waals surface area contributed by atoms with Crippen LogP contribution in [-0.2, 0) is 0 Å². The molecule has 0 aromatic rings. The molecule has 1 unspecified atom stereocenters. The van der Waals surface area contributed by atoms with E-state index in [4.69, 9.17) is 5.73 Å². The summed E-state index contributed by atoms with van der Waals surface area (Å²) in [6.45, 7) is 8.66. The first-order valence-electron chi connectivity index (χ1n) is 5.31. The monoisotopic (exact) mass is 187 g/mol. The quantitative estimate of drug-likeness (QED) is 0.706. The fourth-order valence-corrected chi connectivity index (χ4v) is 3.11. The lowest BCUT2D eigenvalue weighted by atomic mass is 9.65. The average molecular weight is 187 g/mol. The molecule has 0 radical (unpaired) electrons. The van der Waals surface area contributed by atoms with E-state index in [-0.39, 0.29) is 11.5 Å². The molecule has 0 aromatic heterocycles. The summed E-state index contributed by atoms with van der Waals surface area (Å²) in [7, 11) is 0. The molecule has 0 amide bonds. The Morgan fingerprint density at radius 3 is 1.85 bits per heavy atom. The van der Waals surface area contributed by atoms with Crippen molar-refractivity contribution in [3.8, 4) is 0 Å². The standard InChI is InChI=1S/C11H22FN/c1-7(2)11(8(3)4)6-9(12)5-10(11)13/h7-10H,5-6,13H2,1-4H3/t9?,10-/m1/s1. The molecule has 0 heterocycles. The van der Waals surface area contributed by atoms with Gasteiger partial charge in [0.05, 0.1) is 0 Å². The largest absolute Gasteiger partial charge is 0.327 e. The molecule has 13 heavy (non-hydrogen) atoms. The molecule has 0 bridgehead atoms. The van der Waals surface area contributed by atoms with Crippen molar-refractivity contribution in [1.82, 2.24) is 0 Å². The molecule has 1 saturated carbocycles. The first kappa shape index (κ1) is 11.0. The molecule has 2 heteroatoms. The Kier molecular flexibility index (Phi) is 3.01. The molecule has 2 atom stereocenters. The van der Waals surface area contributed by atoms with Crippen LogP contribution in [0.25, 0.3) is 0 Å². The zero-order valence-electron chi connectivity index (χ0n) is 9.18. The van der Waals surface area contributed by atoms with Crippen LogP contribution in [0.1, 0.15) is 40.5 Å². The van der Waals surface area contributed by atoms with Crippen LogP contribution in [0.2, 0.25) is 0 Å². The second kappa shape index (κ2) is 3.56. The van der Waals surface area contributed by atoms with Gasteiger partial charge in [-0.2, -0.15) is 0 Å². The minimum Gasteiger partial charge on any atom is -0.327 e.